The largest absolute Gasteiger partial charge is 0.443 e. The minimum Gasteiger partial charge on any atom is -0.443 e. The fourth-order valence-electron chi connectivity index (χ4n) is 2.20. The standard InChI is InChI=1S/C14H18ClNO3/c1-14(2,3)19-13(18)16-5-4-11-9(8-17)6-10(15)7-12(11)16/h6-7,17H,4-5,8H2,1-3H3. The number of fused-ring (bicyclic) bond motifs is 1. The summed E-state index contributed by atoms with van der Waals surface area (Å²) in [5.41, 5.74) is 1.95. The zero-order chi connectivity index (χ0) is 14.2. The van der Waals surface area contributed by atoms with Gasteiger partial charge in [-0.15, -0.1) is 0 Å². The van der Waals surface area contributed by atoms with Gasteiger partial charge in [-0.3, -0.25) is 4.90 Å². The lowest BCUT2D eigenvalue weighted by atomic mass is 10.1. The van der Waals surface area contributed by atoms with Crippen LogP contribution in [0.2, 0.25) is 5.02 Å². The summed E-state index contributed by atoms with van der Waals surface area (Å²) >= 11 is 6.02. The Morgan fingerprint density at radius 1 is 1.47 bits per heavy atom. The number of anilines is 1. The van der Waals surface area contributed by atoms with Gasteiger partial charge in [0, 0.05) is 11.6 Å². The number of hydrogen-bond donors (Lipinski definition) is 1. The molecule has 104 valence electrons. The molecule has 0 saturated carbocycles. The molecule has 0 radical (unpaired) electrons. The Balaban J connectivity index is 2.31. The van der Waals surface area contributed by atoms with Crippen molar-refractivity contribution >= 4 is 23.4 Å². The summed E-state index contributed by atoms with van der Waals surface area (Å²) in [4.78, 5) is 13.7. The highest BCUT2D eigenvalue weighted by Gasteiger charge is 2.30. The molecule has 5 heteroatoms. The van der Waals surface area contributed by atoms with Gasteiger partial charge in [-0.2, -0.15) is 0 Å². The van der Waals surface area contributed by atoms with E-state index < -0.39 is 5.60 Å². The van der Waals surface area contributed by atoms with Crippen molar-refractivity contribution in [3.05, 3.63) is 28.3 Å². The molecule has 0 bridgehead atoms. The summed E-state index contributed by atoms with van der Waals surface area (Å²) in [7, 11) is 0. The number of aliphatic hydroxyl groups is 1. The maximum atomic E-state index is 12.1. The van der Waals surface area contributed by atoms with Gasteiger partial charge in [0.05, 0.1) is 12.3 Å². The zero-order valence-corrected chi connectivity index (χ0v) is 12.1. The van der Waals surface area contributed by atoms with Crippen molar-refractivity contribution in [3.63, 3.8) is 0 Å². The number of benzene rings is 1. The lowest BCUT2D eigenvalue weighted by Crippen LogP contribution is -2.35. The number of nitrogens with zero attached hydrogens (tertiary/aromatic N) is 1. The predicted molar refractivity (Wildman–Crippen MR) is 74.7 cm³/mol. The lowest BCUT2D eigenvalue weighted by Gasteiger charge is -2.25. The Bertz CT molecular complexity index is 508. The molecular weight excluding hydrogens is 266 g/mol. The van der Waals surface area contributed by atoms with Gasteiger partial charge in [0.1, 0.15) is 5.60 Å². The van der Waals surface area contributed by atoms with E-state index in [-0.39, 0.29) is 12.7 Å². The molecule has 4 nitrogen and oxygen atoms in total. The number of ether oxygens (including phenoxy) is 1. The van der Waals surface area contributed by atoms with Crippen LogP contribution in [0.3, 0.4) is 0 Å². The van der Waals surface area contributed by atoms with E-state index in [1.54, 1.807) is 17.0 Å². The molecular formula is C14H18ClNO3. The minimum atomic E-state index is -0.530. The SMILES string of the molecule is CC(C)(C)OC(=O)N1CCc2c(CO)cc(Cl)cc21. The zero-order valence-electron chi connectivity index (χ0n) is 11.4. The van der Waals surface area contributed by atoms with E-state index in [1.165, 1.54) is 0 Å². The monoisotopic (exact) mass is 283 g/mol. The topological polar surface area (TPSA) is 49.8 Å². The molecule has 2 rings (SSSR count). The number of amides is 1. The summed E-state index contributed by atoms with van der Waals surface area (Å²) in [6, 6.07) is 3.48. The van der Waals surface area contributed by atoms with Crippen LogP contribution < -0.4 is 4.90 Å². The van der Waals surface area contributed by atoms with E-state index in [0.29, 0.717) is 18.0 Å². The van der Waals surface area contributed by atoms with Gasteiger partial charge < -0.3 is 9.84 Å². The Morgan fingerprint density at radius 2 is 2.16 bits per heavy atom. The van der Waals surface area contributed by atoms with Gasteiger partial charge >= 0.3 is 6.09 Å². The lowest BCUT2D eigenvalue weighted by molar-refractivity contribution is 0.0584. The van der Waals surface area contributed by atoms with E-state index >= 15 is 0 Å². The first-order chi connectivity index (χ1) is 8.81. The normalized spacial score (nSPS) is 14.5. The van der Waals surface area contributed by atoms with E-state index in [0.717, 1.165) is 16.8 Å². The van der Waals surface area contributed by atoms with Crippen LogP contribution in [0.4, 0.5) is 10.5 Å². The Hall–Kier alpha value is -1.26. The quantitative estimate of drug-likeness (QED) is 0.861. The molecule has 0 saturated heterocycles. The molecule has 1 aliphatic heterocycles. The number of rotatable bonds is 1. The third kappa shape index (κ3) is 3.01. The molecule has 1 N–H and O–H groups in total. The van der Waals surface area contributed by atoms with Crippen LogP contribution in [0.25, 0.3) is 0 Å². The maximum Gasteiger partial charge on any atom is 0.414 e. The molecule has 0 aliphatic carbocycles. The number of carbonyl (C=O) groups is 1. The number of hydrogen-bond acceptors (Lipinski definition) is 3. The molecule has 1 aliphatic rings. The van der Waals surface area contributed by atoms with Gasteiger partial charge in [-0.1, -0.05) is 11.6 Å². The first-order valence-corrected chi connectivity index (χ1v) is 6.62. The van der Waals surface area contributed by atoms with Crippen molar-refractivity contribution in [2.24, 2.45) is 0 Å². The highest BCUT2D eigenvalue weighted by atomic mass is 35.5. The third-order valence-electron chi connectivity index (χ3n) is 2.94. The summed E-state index contributed by atoms with van der Waals surface area (Å²) < 4.78 is 5.37. The molecule has 0 atom stereocenters. The third-order valence-corrected chi connectivity index (χ3v) is 3.16. The van der Waals surface area contributed by atoms with Crippen molar-refractivity contribution in [1.29, 1.82) is 0 Å². The van der Waals surface area contributed by atoms with Gasteiger partial charge in [0.2, 0.25) is 0 Å². The highest BCUT2D eigenvalue weighted by Crippen LogP contribution is 2.34. The van der Waals surface area contributed by atoms with Crippen LogP contribution in [-0.4, -0.2) is 23.3 Å². The second-order valence-electron chi connectivity index (χ2n) is 5.60. The van der Waals surface area contributed by atoms with Crippen molar-refractivity contribution in [2.75, 3.05) is 11.4 Å². The smallest absolute Gasteiger partial charge is 0.414 e. The van der Waals surface area contributed by atoms with Gasteiger partial charge in [0.25, 0.3) is 0 Å². The van der Waals surface area contributed by atoms with Crippen molar-refractivity contribution < 1.29 is 14.6 Å². The summed E-state index contributed by atoms with van der Waals surface area (Å²) in [6.07, 6.45) is 0.333. The Morgan fingerprint density at radius 3 is 2.74 bits per heavy atom. The molecule has 1 aromatic rings. The van der Waals surface area contributed by atoms with E-state index in [4.69, 9.17) is 16.3 Å². The fourth-order valence-corrected chi connectivity index (χ4v) is 2.43. The second-order valence-corrected chi connectivity index (χ2v) is 6.04. The molecule has 1 aromatic carbocycles. The molecule has 1 amide bonds. The van der Waals surface area contributed by atoms with Gasteiger partial charge in [0.15, 0.2) is 0 Å². The first kappa shape index (κ1) is 14.2. The summed E-state index contributed by atoms with van der Waals surface area (Å²) in [6.45, 7) is 5.97. The van der Waals surface area contributed by atoms with E-state index in [2.05, 4.69) is 0 Å². The molecule has 0 spiro atoms. The Labute approximate surface area is 117 Å². The highest BCUT2D eigenvalue weighted by molar-refractivity contribution is 6.31. The van der Waals surface area contributed by atoms with Gasteiger partial charge in [-0.05, 0) is 50.5 Å². The van der Waals surface area contributed by atoms with Crippen molar-refractivity contribution in [2.45, 2.75) is 39.4 Å². The van der Waals surface area contributed by atoms with Crippen LogP contribution in [0, 0.1) is 0 Å². The Kier molecular flexibility index (Phi) is 3.74. The average Bonchev–Trinajstić information content (AvgIpc) is 2.69. The van der Waals surface area contributed by atoms with Crippen LogP contribution in [0.5, 0.6) is 0 Å². The molecule has 0 aromatic heterocycles. The molecule has 1 heterocycles. The molecule has 19 heavy (non-hydrogen) atoms. The molecule has 0 unspecified atom stereocenters. The van der Waals surface area contributed by atoms with Crippen molar-refractivity contribution in [1.82, 2.24) is 0 Å². The second kappa shape index (κ2) is 5.02. The van der Waals surface area contributed by atoms with E-state index in [1.807, 2.05) is 20.8 Å². The van der Waals surface area contributed by atoms with E-state index in [9.17, 15) is 9.90 Å². The van der Waals surface area contributed by atoms with Crippen LogP contribution in [0.15, 0.2) is 12.1 Å². The van der Waals surface area contributed by atoms with Crippen LogP contribution >= 0.6 is 11.6 Å². The summed E-state index contributed by atoms with van der Waals surface area (Å²) in [5.74, 6) is 0. The minimum absolute atomic E-state index is 0.0783. The number of halogens is 1. The molecule has 0 fully saturated rings. The van der Waals surface area contributed by atoms with Gasteiger partial charge in [-0.25, -0.2) is 4.79 Å². The maximum absolute atomic E-state index is 12.1. The predicted octanol–water partition coefficient (Wildman–Crippen LogP) is 3.13. The van der Waals surface area contributed by atoms with Crippen LogP contribution in [-0.2, 0) is 17.8 Å². The summed E-state index contributed by atoms with van der Waals surface area (Å²) in [5, 5.41) is 9.86. The van der Waals surface area contributed by atoms with Crippen molar-refractivity contribution in [3.8, 4) is 0 Å². The average molecular weight is 284 g/mol. The van der Waals surface area contributed by atoms with Crippen LogP contribution in [0.1, 0.15) is 31.9 Å². The number of carbonyl (C=O) groups excluding carboxylic acids is 1. The fraction of sp³-hybridized carbons (Fsp3) is 0.500. The first-order valence-electron chi connectivity index (χ1n) is 6.24. The number of aliphatic hydroxyl groups excluding tert-OH is 1.